The van der Waals surface area contributed by atoms with Gasteiger partial charge in [-0.2, -0.15) is 10.4 Å². The second-order valence-corrected chi connectivity index (χ2v) is 12.9. The molecule has 0 radical (unpaired) electrons. The van der Waals surface area contributed by atoms with E-state index in [1.54, 1.807) is 18.3 Å². The van der Waals surface area contributed by atoms with Gasteiger partial charge in [0.15, 0.2) is 5.65 Å². The lowest BCUT2D eigenvalue weighted by Gasteiger charge is -2.47. The van der Waals surface area contributed by atoms with E-state index < -0.39 is 10.0 Å². The number of H-pyrrole nitrogens is 1. The van der Waals surface area contributed by atoms with Gasteiger partial charge in [-0.05, 0) is 56.0 Å². The fourth-order valence-electron chi connectivity index (χ4n) is 5.46. The van der Waals surface area contributed by atoms with Gasteiger partial charge in [-0.1, -0.05) is 29.3 Å². The molecule has 10 nitrogen and oxygen atoms in total. The number of benzene rings is 1. The summed E-state index contributed by atoms with van der Waals surface area (Å²) in [6, 6.07) is 7.46. The van der Waals surface area contributed by atoms with Crippen molar-refractivity contribution in [3.8, 4) is 6.07 Å². The van der Waals surface area contributed by atoms with Crippen LogP contribution in [-0.4, -0.2) is 79.0 Å². The highest BCUT2D eigenvalue weighted by Crippen LogP contribution is 2.37. The van der Waals surface area contributed by atoms with E-state index >= 15 is 0 Å². The SMILES string of the molecule is CNS(=O)(=O)CCN1CCC[C@H](C2CN(c3cnc4c([C@H](CC#N)c5ccc(Cl)cc5Cl)n[nH]c4n3)C2)C1. The van der Waals surface area contributed by atoms with Gasteiger partial charge < -0.3 is 9.80 Å². The van der Waals surface area contributed by atoms with Crippen molar-refractivity contribution in [3.63, 3.8) is 0 Å². The quantitative estimate of drug-likeness (QED) is 0.396. The summed E-state index contributed by atoms with van der Waals surface area (Å²) in [5, 5.41) is 17.9. The topological polar surface area (TPSA) is 131 Å². The highest BCUT2D eigenvalue weighted by molar-refractivity contribution is 7.89. The second kappa shape index (κ2) is 11.3. The van der Waals surface area contributed by atoms with Crippen LogP contribution in [0.5, 0.6) is 0 Å². The summed E-state index contributed by atoms with van der Waals surface area (Å²) < 4.78 is 26.0. The Morgan fingerprint density at radius 1 is 1.26 bits per heavy atom. The average Bonchev–Trinajstić information content (AvgIpc) is 3.29. The molecule has 4 heterocycles. The van der Waals surface area contributed by atoms with E-state index in [1.807, 2.05) is 6.07 Å². The number of nitriles is 1. The van der Waals surface area contributed by atoms with E-state index in [0.29, 0.717) is 45.3 Å². The zero-order valence-electron chi connectivity index (χ0n) is 21.1. The number of aromatic amines is 1. The first-order valence-electron chi connectivity index (χ1n) is 12.7. The van der Waals surface area contributed by atoms with Crippen LogP contribution in [0.4, 0.5) is 5.82 Å². The van der Waals surface area contributed by atoms with Gasteiger partial charge in [0.1, 0.15) is 11.3 Å². The molecule has 0 spiro atoms. The van der Waals surface area contributed by atoms with E-state index in [9.17, 15) is 13.7 Å². The fourth-order valence-corrected chi connectivity index (χ4v) is 6.71. The highest BCUT2D eigenvalue weighted by Gasteiger charge is 2.37. The Balaban J connectivity index is 1.25. The smallest absolute Gasteiger partial charge is 0.212 e. The van der Waals surface area contributed by atoms with E-state index in [-0.39, 0.29) is 18.1 Å². The molecule has 13 heteroatoms. The minimum atomic E-state index is -3.19. The molecule has 3 aromatic rings. The van der Waals surface area contributed by atoms with Crippen molar-refractivity contribution in [3.05, 3.63) is 45.7 Å². The Morgan fingerprint density at radius 3 is 2.82 bits per heavy atom. The van der Waals surface area contributed by atoms with Gasteiger partial charge in [0.05, 0.1) is 23.7 Å². The lowest BCUT2D eigenvalue weighted by atomic mass is 9.80. The Morgan fingerprint density at radius 2 is 2.08 bits per heavy atom. The number of nitrogens with one attached hydrogen (secondary N) is 2. The molecule has 0 unspecified atom stereocenters. The number of fused-ring (bicyclic) bond motifs is 1. The van der Waals surface area contributed by atoms with E-state index in [1.165, 1.54) is 7.05 Å². The van der Waals surface area contributed by atoms with Crippen molar-refractivity contribution >= 4 is 50.2 Å². The minimum Gasteiger partial charge on any atom is -0.355 e. The number of aromatic nitrogens is 4. The number of hydrogen-bond donors (Lipinski definition) is 2. The lowest BCUT2D eigenvalue weighted by Crippen LogP contribution is -2.54. The van der Waals surface area contributed by atoms with Crippen LogP contribution in [0, 0.1) is 23.2 Å². The molecule has 2 saturated heterocycles. The van der Waals surface area contributed by atoms with Crippen molar-refractivity contribution < 1.29 is 8.42 Å². The first-order chi connectivity index (χ1) is 18.3. The van der Waals surface area contributed by atoms with Crippen LogP contribution < -0.4 is 9.62 Å². The lowest BCUT2D eigenvalue weighted by molar-refractivity contribution is 0.125. The Labute approximate surface area is 232 Å². The zero-order valence-corrected chi connectivity index (χ0v) is 23.4. The van der Waals surface area contributed by atoms with Crippen molar-refractivity contribution in [2.45, 2.75) is 25.2 Å². The highest BCUT2D eigenvalue weighted by atomic mass is 35.5. The monoisotopic (exact) mass is 576 g/mol. The molecule has 38 heavy (non-hydrogen) atoms. The van der Waals surface area contributed by atoms with Crippen LogP contribution in [-0.2, 0) is 10.0 Å². The van der Waals surface area contributed by atoms with Crippen LogP contribution in [0.2, 0.25) is 10.0 Å². The number of nitrogens with zero attached hydrogens (tertiary/aromatic N) is 6. The summed E-state index contributed by atoms with van der Waals surface area (Å²) in [7, 11) is -1.73. The number of halogens is 2. The molecule has 202 valence electrons. The summed E-state index contributed by atoms with van der Waals surface area (Å²) in [6.45, 7) is 4.23. The standard InChI is InChI=1S/C25H30Cl2N8O2S/c1-29-38(36,37)10-9-34-8-2-3-16(13-34)17-14-35(15-17)22-12-30-24-23(32-33-25(24)31-22)20(6-7-28)19-5-4-18(26)11-21(19)27/h4-5,11-12,16-17,20,29H,2-3,6,8-10,13-15H2,1H3,(H,31,32,33)/t16-,20+/m0/s1. The van der Waals surface area contributed by atoms with Gasteiger partial charge in [-0.3, -0.25) is 5.10 Å². The Bertz CT molecular complexity index is 1450. The minimum absolute atomic E-state index is 0.133. The van der Waals surface area contributed by atoms with Gasteiger partial charge in [0, 0.05) is 48.6 Å². The molecule has 2 aliphatic rings. The molecular weight excluding hydrogens is 547 g/mol. The third kappa shape index (κ3) is 5.75. The average molecular weight is 578 g/mol. The number of likely N-dealkylation sites (tertiary alicyclic amines) is 1. The molecule has 5 rings (SSSR count). The molecular formula is C25H30Cl2N8O2S. The molecule has 0 amide bonds. The van der Waals surface area contributed by atoms with E-state index in [4.69, 9.17) is 28.2 Å². The van der Waals surface area contributed by atoms with Crippen LogP contribution in [0.25, 0.3) is 11.2 Å². The number of hydrogen-bond acceptors (Lipinski definition) is 8. The predicted octanol–water partition coefficient (Wildman–Crippen LogP) is 3.40. The van der Waals surface area contributed by atoms with Crippen LogP contribution in [0.1, 0.15) is 36.4 Å². The molecule has 0 bridgehead atoms. The fraction of sp³-hybridized carbons (Fsp3) is 0.520. The first kappa shape index (κ1) is 27.1. The van der Waals surface area contributed by atoms with Gasteiger partial charge >= 0.3 is 0 Å². The maximum atomic E-state index is 11.8. The van der Waals surface area contributed by atoms with Crippen molar-refractivity contribution in [2.75, 3.05) is 50.4 Å². The summed E-state index contributed by atoms with van der Waals surface area (Å²) in [4.78, 5) is 13.9. The summed E-state index contributed by atoms with van der Waals surface area (Å²) in [6.07, 6.45) is 4.21. The largest absolute Gasteiger partial charge is 0.355 e. The van der Waals surface area contributed by atoms with Gasteiger partial charge in [-0.15, -0.1) is 0 Å². The van der Waals surface area contributed by atoms with Crippen LogP contribution in [0.15, 0.2) is 24.4 Å². The number of anilines is 1. The number of piperidine rings is 1. The zero-order chi connectivity index (χ0) is 26.9. The molecule has 2 aliphatic heterocycles. The third-order valence-electron chi connectivity index (χ3n) is 7.68. The molecule has 0 saturated carbocycles. The molecule has 2 N–H and O–H groups in total. The molecule has 2 aromatic heterocycles. The third-order valence-corrected chi connectivity index (χ3v) is 9.58. The summed E-state index contributed by atoms with van der Waals surface area (Å²) in [5.41, 5.74) is 2.60. The molecule has 2 atom stereocenters. The first-order valence-corrected chi connectivity index (χ1v) is 15.1. The predicted molar refractivity (Wildman–Crippen MR) is 148 cm³/mol. The van der Waals surface area contributed by atoms with Crippen LogP contribution in [0.3, 0.4) is 0 Å². The summed E-state index contributed by atoms with van der Waals surface area (Å²) >= 11 is 12.5. The Hall–Kier alpha value is -2.49. The van der Waals surface area contributed by atoms with Crippen molar-refractivity contribution in [1.82, 2.24) is 29.8 Å². The van der Waals surface area contributed by atoms with Crippen molar-refractivity contribution in [2.24, 2.45) is 11.8 Å². The summed E-state index contributed by atoms with van der Waals surface area (Å²) in [5.74, 6) is 1.65. The molecule has 1 aromatic carbocycles. The molecule has 2 fully saturated rings. The maximum Gasteiger partial charge on any atom is 0.212 e. The number of sulfonamides is 1. The maximum absolute atomic E-state index is 11.8. The van der Waals surface area contributed by atoms with E-state index in [2.05, 4.69) is 35.8 Å². The Kier molecular flexibility index (Phi) is 8.07. The van der Waals surface area contributed by atoms with Gasteiger partial charge in [0.25, 0.3) is 0 Å². The van der Waals surface area contributed by atoms with Gasteiger partial charge in [0.2, 0.25) is 10.0 Å². The van der Waals surface area contributed by atoms with Gasteiger partial charge in [-0.25, -0.2) is 23.1 Å². The molecule has 0 aliphatic carbocycles. The van der Waals surface area contributed by atoms with Crippen molar-refractivity contribution in [1.29, 1.82) is 5.26 Å². The van der Waals surface area contributed by atoms with Crippen LogP contribution >= 0.6 is 23.2 Å². The van der Waals surface area contributed by atoms with E-state index in [0.717, 1.165) is 50.4 Å². The second-order valence-electron chi connectivity index (χ2n) is 10.0. The number of rotatable bonds is 9. The normalized spacial score (nSPS) is 19.8.